The highest BCUT2D eigenvalue weighted by molar-refractivity contribution is 8.04. The van der Waals surface area contributed by atoms with Crippen LogP contribution in [-0.2, 0) is 4.79 Å². The first-order chi connectivity index (χ1) is 5.29. The van der Waals surface area contributed by atoms with Gasteiger partial charge in [-0.2, -0.15) is 0 Å². The van der Waals surface area contributed by atoms with E-state index in [0.717, 1.165) is 10.6 Å². The quantitative estimate of drug-likeness (QED) is 0.614. The van der Waals surface area contributed by atoms with E-state index in [1.54, 1.807) is 17.8 Å². The summed E-state index contributed by atoms with van der Waals surface area (Å²) < 4.78 is 0. The molecule has 0 aromatic rings. The molecule has 1 aliphatic carbocycles. The number of allylic oxidation sites excluding steroid dienone is 2. The van der Waals surface area contributed by atoms with Crippen LogP contribution in [0.2, 0.25) is 0 Å². The van der Waals surface area contributed by atoms with Crippen molar-refractivity contribution >= 4 is 23.4 Å². The zero-order chi connectivity index (χ0) is 7.84. The summed E-state index contributed by atoms with van der Waals surface area (Å²) in [7, 11) is 0. The summed E-state index contributed by atoms with van der Waals surface area (Å²) in [6.07, 6.45) is 3.55. The molecule has 1 amide bonds. The molecule has 0 aromatic carbocycles. The molecule has 1 heterocycles. The van der Waals surface area contributed by atoms with Crippen molar-refractivity contribution in [3.05, 3.63) is 22.6 Å². The van der Waals surface area contributed by atoms with E-state index in [2.05, 4.69) is 4.99 Å². The summed E-state index contributed by atoms with van der Waals surface area (Å²) in [5, 5.41) is 0. The van der Waals surface area contributed by atoms with Crippen molar-refractivity contribution in [1.82, 2.24) is 0 Å². The van der Waals surface area contributed by atoms with E-state index in [0.29, 0.717) is 11.4 Å². The van der Waals surface area contributed by atoms with Crippen molar-refractivity contribution in [3.8, 4) is 0 Å². The maximum absolute atomic E-state index is 10.8. The summed E-state index contributed by atoms with van der Waals surface area (Å²) >= 11 is 1.56. The summed E-state index contributed by atoms with van der Waals surface area (Å²) in [5.74, 6) is 0.349. The number of nitrogens with two attached hydrogens (primary N) is 1. The molecule has 0 saturated heterocycles. The molecule has 0 fully saturated rings. The highest BCUT2D eigenvalue weighted by atomic mass is 32.2. The Morgan fingerprint density at radius 3 is 3.18 bits per heavy atom. The maximum Gasteiger partial charge on any atom is 0.249 e. The number of hydrogen-bond donors (Lipinski definition) is 1. The summed E-state index contributed by atoms with van der Waals surface area (Å²) in [5.41, 5.74) is 6.65. The molecule has 0 radical (unpaired) electrons. The SMILES string of the molecule is NC(=O)C1=C2SCN=C2C=C1. The minimum Gasteiger partial charge on any atom is -0.366 e. The Kier molecular flexibility index (Phi) is 1.35. The predicted octanol–water partition coefficient (Wildman–Crippen LogP) is 0.441. The average molecular weight is 166 g/mol. The van der Waals surface area contributed by atoms with Crippen molar-refractivity contribution in [2.45, 2.75) is 0 Å². The second-order valence-corrected chi connectivity index (χ2v) is 3.21. The second kappa shape index (κ2) is 2.23. The molecule has 2 rings (SSSR count). The molecule has 3 nitrogen and oxygen atoms in total. The summed E-state index contributed by atoms with van der Waals surface area (Å²) in [6, 6.07) is 0. The lowest BCUT2D eigenvalue weighted by molar-refractivity contribution is -0.114. The molecule has 0 unspecified atom stereocenters. The van der Waals surface area contributed by atoms with Gasteiger partial charge in [-0.3, -0.25) is 9.79 Å². The number of rotatable bonds is 1. The molecule has 0 bridgehead atoms. The lowest BCUT2D eigenvalue weighted by Crippen LogP contribution is -2.12. The zero-order valence-electron chi connectivity index (χ0n) is 5.70. The van der Waals surface area contributed by atoms with Gasteiger partial charge < -0.3 is 5.73 Å². The zero-order valence-corrected chi connectivity index (χ0v) is 6.52. The molecule has 0 atom stereocenters. The van der Waals surface area contributed by atoms with Crippen LogP contribution in [0.5, 0.6) is 0 Å². The monoisotopic (exact) mass is 166 g/mol. The van der Waals surface area contributed by atoms with Crippen molar-refractivity contribution < 1.29 is 4.79 Å². The molecule has 2 N–H and O–H groups in total. The van der Waals surface area contributed by atoms with Crippen molar-refractivity contribution in [3.63, 3.8) is 0 Å². The van der Waals surface area contributed by atoms with Crippen molar-refractivity contribution in [2.24, 2.45) is 10.7 Å². The highest BCUT2D eigenvalue weighted by Gasteiger charge is 2.22. The normalized spacial score (nSPS) is 20.5. The maximum atomic E-state index is 10.8. The molecule has 0 aromatic heterocycles. The van der Waals surface area contributed by atoms with Gasteiger partial charge in [-0.15, -0.1) is 0 Å². The molecular weight excluding hydrogens is 160 g/mol. The van der Waals surface area contributed by atoms with Gasteiger partial charge in [-0.1, -0.05) is 11.8 Å². The predicted molar refractivity (Wildman–Crippen MR) is 45.3 cm³/mol. The van der Waals surface area contributed by atoms with Crippen LogP contribution in [0.1, 0.15) is 0 Å². The third-order valence-electron chi connectivity index (χ3n) is 1.59. The largest absolute Gasteiger partial charge is 0.366 e. The molecule has 11 heavy (non-hydrogen) atoms. The Morgan fingerprint density at radius 1 is 1.64 bits per heavy atom. The fourth-order valence-electron chi connectivity index (χ4n) is 1.09. The van der Waals surface area contributed by atoms with Gasteiger partial charge in [0.05, 0.1) is 17.2 Å². The van der Waals surface area contributed by atoms with Crippen LogP contribution < -0.4 is 5.73 Å². The van der Waals surface area contributed by atoms with Crippen LogP contribution in [-0.4, -0.2) is 17.5 Å². The van der Waals surface area contributed by atoms with E-state index in [-0.39, 0.29) is 5.91 Å². The molecule has 0 spiro atoms. The number of aliphatic imine (C=N–C) groups is 1. The lowest BCUT2D eigenvalue weighted by Gasteiger charge is -1.94. The number of primary amides is 1. The Balaban J connectivity index is 2.48. The molecule has 1 aliphatic heterocycles. The van der Waals surface area contributed by atoms with Gasteiger partial charge in [-0.05, 0) is 12.2 Å². The Bertz CT molecular complexity index is 314. The van der Waals surface area contributed by atoms with Gasteiger partial charge in [0.15, 0.2) is 0 Å². The summed E-state index contributed by atoms with van der Waals surface area (Å²) in [4.78, 5) is 15.9. The van der Waals surface area contributed by atoms with Gasteiger partial charge in [0.1, 0.15) is 0 Å². The minimum atomic E-state index is -0.365. The van der Waals surface area contributed by atoms with Gasteiger partial charge in [-0.25, -0.2) is 0 Å². The number of thioether (sulfide) groups is 1. The van der Waals surface area contributed by atoms with Crippen molar-refractivity contribution in [1.29, 1.82) is 0 Å². The number of carbonyl (C=O) groups excluding carboxylic acids is 1. The topological polar surface area (TPSA) is 55.5 Å². The lowest BCUT2D eigenvalue weighted by atomic mass is 10.3. The minimum absolute atomic E-state index is 0.365. The standard InChI is InChI=1S/C7H6N2OS/c8-7(10)4-1-2-5-6(4)11-3-9-5/h1-2H,3H2,(H2,8,10). The van der Waals surface area contributed by atoms with Gasteiger partial charge in [0.2, 0.25) is 5.91 Å². The van der Waals surface area contributed by atoms with Gasteiger partial charge in [0.25, 0.3) is 0 Å². The van der Waals surface area contributed by atoms with E-state index >= 15 is 0 Å². The first-order valence-electron chi connectivity index (χ1n) is 3.19. The first-order valence-corrected chi connectivity index (χ1v) is 4.17. The highest BCUT2D eigenvalue weighted by Crippen LogP contribution is 2.32. The fraction of sp³-hybridized carbons (Fsp3) is 0.143. The second-order valence-electron chi connectivity index (χ2n) is 2.26. The molecule has 4 heteroatoms. The number of nitrogens with zero attached hydrogens (tertiary/aromatic N) is 1. The number of carbonyl (C=O) groups is 1. The first kappa shape index (κ1) is 6.67. The Morgan fingerprint density at radius 2 is 2.45 bits per heavy atom. The van der Waals surface area contributed by atoms with E-state index in [1.807, 2.05) is 6.08 Å². The van der Waals surface area contributed by atoms with Crippen LogP contribution in [0.25, 0.3) is 0 Å². The van der Waals surface area contributed by atoms with Crippen LogP contribution in [0.15, 0.2) is 27.6 Å². The molecule has 2 aliphatic rings. The van der Waals surface area contributed by atoms with E-state index in [4.69, 9.17) is 5.73 Å². The van der Waals surface area contributed by atoms with Crippen molar-refractivity contribution in [2.75, 3.05) is 5.88 Å². The van der Waals surface area contributed by atoms with Crippen LogP contribution in [0, 0.1) is 0 Å². The van der Waals surface area contributed by atoms with Crippen LogP contribution in [0.3, 0.4) is 0 Å². The third-order valence-corrected chi connectivity index (χ3v) is 2.57. The number of amides is 1. The Labute approximate surface area is 68.1 Å². The molecular formula is C7H6N2OS. The van der Waals surface area contributed by atoms with E-state index in [9.17, 15) is 4.79 Å². The van der Waals surface area contributed by atoms with Crippen LogP contribution in [0.4, 0.5) is 0 Å². The van der Waals surface area contributed by atoms with E-state index < -0.39 is 0 Å². The number of fused-ring (bicyclic) bond motifs is 1. The molecule has 56 valence electrons. The third kappa shape index (κ3) is 0.903. The van der Waals surface area contributed by atoms with Crippen LogP contribution >= 0.6 is 11.8 Å². The summed E-state index contributed by atoms with van der Waals surface area (Å²) in [6.45, 7) is 0. The van der Waals surface area contributed by atoms with E-state index in [1.165, 1.54) is 0 Å². The van der Waals surface area contributed by atoms with Gasteiger partial charge in [0, 0.05) is 4.91 Å². The van der Waals surface area contributed by atoms with Gasteiger partial charge >= 0.3 is 0 Å². The average Bonchev–Trinajstić information content (AvgIpc) is 2.41. The number of hydrogen-bond acceptors (Lipinski definition) is 3. The fourth-order valence-corrected chi connectivity index (χ4v) is 2.03. The Hall–Kier alpha value is -1.03. The smallest absolute Gasteiger partial charge is 0.249 e. The molecule has 0 saturated carbocycles.